The largest absolute Gasteiger partial charge is 0.352 e. The Morgan fingerprint density at radius 1 is 1.00 bits per heavy atom. The average Bonchev–Trinajstić information content (AvgIpc) is 2.68. The maximum atomic E-state index is 13.7. The normalized spacial score (nSPS) is 10.4. The Kier molecular flexibility index (Phi) is 5.12. The van der Waals surface area contributed by atoms with Crippen molar-refractivity contribution in [1.29, 1.82) is 0 Å². The summed E-state index contributed by atoms with van der Waals surface area (Å²) < 4.78 is 39.8. The second-order valence-electron chi connectivity index (χ2n) is 5.32. The second kappa shape index (κ2) is 7.64. The number of pyridine rings is 2. The molecular weight excluding hydrogens is 345 g/mol. The molecule has 0 radical (unpaired) electrons. The molecule has 8 heteroatoms. The molecule has 26 heavy (non-hydrogen) atoms. The van der Waals surface area contributed by atoms with Crippen LogP contribution in [0.4, 0.5) is 24.5 Å². The highest BCUT2D eigenvalue weighted by Crippen LogP contribution is 2.23. The van der Waals surface area contributed by atoms with Gasteiger partial charge in [0, 0.05) is 18.9 Å². The quantitative estimate of drug-likeness (QED) is 0.685. The predicted octanol–water partition coefficient (Wildman–Crippen LogP) is 3.57. The van der Waals surface area contributed by atoms with Gasteiger partial charge in [0.25, 0.3) is 5.91 Å². The highest BCUT2D eigenvalue weighted by atomic mass is 19.2. The van der Waals surface area contributed by atoms with Crippen LogP contribution in [0.2, 0.25) is 0 Å². The topological polar surface area (TPSA) is 66.9 Å². The lowest BCUT2D eigenvalue weighted by molar-refractivity contribution is 0.0946. The van der Waals surface area contributed by atoms with Crippen LogP contribution in [0.25, 0.3) is 0 Å². The maximum Gasteiger partial charge on any atom is 0.270 e. The Labute approximate surface area is 146 Å². The molecule has 0 spiro atoms. The van der Waals surface area contributed by atoms with Crippen molar-refractivity contribution in [2.24, 2.45) is 0 Å². The minimum Gasteiger partial charge on any atom is -0.352 e. The number of nitrogens with zero attached hydrogens (tertiary/aromatic N) is 2. The molecule has 3 rings (SSSR count). The molecule has 0 aliphatic heterocycles. The second-order valence-corrected chi connectivity index (χ2v) is 5.32. The van der Waals surface area contributed by atoms with Crippen molar-refractivity contribution in [2.75, 3.05) is 5.32 Å². The van der Waals surface area contributed by atoms with Gasteiger partial charge in [-0.2, -0.15) is 0 Å². The molecule has 1 aromatic carbocycles. The molecule has 0 aliphatic rings. The van der Waals surface area contributed by atoms with Crippen LogP contribution in [0, 0.1) is 17.5 Å². The van der Waals surface area contributed by atoms with Crippen LogP contribution in [-0.4, -0.2) is 15.9 Å². The van der Waals surface area contributed by atoms with Gasteiger partial charge in [0.2, 0.25) is 0 Å². The van der Waals surface area contributed by atoms with Crippen LogP contribution < -0.4 is 10.6 Å². The number of rotatable bonds is 5. The van der Waals surface area contributed by atoms with Gasteiger partial charge in [0.1, 0.15) is 5.69 Å². The standard InChI is InChI=1S/C18H13F3N4O/c19-13-4-6-14(17(21)16(13)20)25-12-3-5-15(23-10-12)18(26)24-9-11-2-1-7-22-8-11/h1-8,10,25H,9H2,(H,24,26). The Morgan fingerprint density at radius 3 is 2.54 bits per heavy atom. The first kappa shape index (κ1) is 17.4. The molecule has 0 unspecified atom stereocenters. The van der Waals surface area contributed by atoms with E-state index in [1.807, 2.05) is 6.07 Å². The molecule has 0 bridgehead atoms. The molecule has 5 nitrogen and oxygen atoms in total. The lowest BCUT2D eigenvalue weighted by Gasteiger charge is -2.09. The Bertz CT molecular complexity index is 918. The zero-order chi connectivity index (χ0) is 18.5. The van der Waals surface area contributed by atoms with E-state index in [1.54, 1.807) is 18.5 Å². The number of carbonyl (C=O) groups is 1. The molecule has 132 valence electrons. The van der Waals surface area contributed by atoms with Crippen LogP contribution in [-0.2, 0) is 6.54 Å². The lowest BCUT2D eigenvalue weighted by atomic mass is 10.2. The molecule has 2 heterocycles. The van der Waals surface area contributed by atoms with Gasteiger partial charge in [-0.25, -0.2) is 18.2 Å². The van der Waals surface area contributed by atoms with Crippen LogP contribution >= 0.6 is 0 Å². The van der Waals surface area contributed by atoms with Crippen molar-refractivity contribution < 1.29 is 18.0 Å². The number of benzene rings is 1. The molecule has 2 aromatic heterocycles. The smallest absolute Gasteiger partial charge is 0.270 e. The fourth-order valence-corrected chi connectivity index (χ4v) is 2.16. The van der Waals surface area contributed by atoms with E-state index in [-0.39, 0.29) is 17.3 Å². The first-order valence-corrected chi connectivity index (χ1v) is 7.58. The summed E-state index contributed by atoms with van der Waals surface area (Å²) in [5.74, 6) is -4.55. The zero-order valence-corrected chi connectivity index (χ0v) is 13.3. The minimum absolute atomic E-state index is 0.158. The van der Waals surface area contributed by atoms with Crippen LogP contribution in [0.15, 0.2) is 55.0 Å². The van der Waals surface area contributed by atoms with Crippen molar-refractivity contribution in [3.05, 3.63) is 83.7 Å². The number of nitrogens with one attached hydrogen (secondary N) is 2. The summed E-state index contributed by atoms with van der Waals surface area (Å²) in [5, 5.41) is 5.27. The van der Waals surface area contributed by atoms with Gasteiger partial charge in [-0.3, -0.25) is 9.78 Å². The van der Waals surface area contributed by atoms with Gasteiger partial charge < -0.3 is 10.6 Å². The molecule has 3 aromatic rings. The third-order valence-electron chi connectivity index (χ3n) is 3.49. The summed E-state index contributed by atoms with van der Waals surface area (Å²) in [6.45, 7) is 0.300. The summed E-state index contributed by atoms with van der Waals surface area (Å²) in [6, 6.07) is 8.38. The van der Waals surface area contributed by atoms with Gasteiger partial charge in [-0.05, 0) is 35.9 Å². The van der Waals surface area contributed by atoms with Crippen molar-refractivity contribution in [3.63, 3.8) is 0 Å². The van der Waals surface area contributed by atoms with E-state index in [0.717, 1.165) is 17.7 Å². The fraction of sp³-hybridized carbons (Fsp3) is 0.0556. The first-order chi connectivity index (χ1) is 12.5. The van der Waals surface area contributed by atoms with E-state index in [0.29, 0.717) is 12.2 Å². The van der Waals surface area contributed by atoms with Gasteiger partial charge in [-0.1, -0.05) is 6.07 Å². The first-order valence-electron chi connectivity index (χ1n) is 7.58. The van der Waals surface area contributed by atoms with Gasteiger partial charge >= 0.3 is 0 Å². The number of hydrogen-bond donors (Lipinski definition) is 2. The Morgan fingerprint density at radius 2 is 1.85 bits per heavy atom. The molecular formula is C18H13F3N4O. The van der Waals surface area contributed by atoms with Gasteiger partial charge in [-0.15, -0.1) is 0 Å². The number of halogens is 3. The molecule has 0 saturated heterocycles. The van der Waals surface area contributed by atoms with Crippen LogP contribution in [0.1, 0.15) is 16.1 Å². The number of amides is 1. The summed E-state index contributed by atoms with van der Waals surface area (Å²) in [6.07, 6.45) is 4.56. The Balaban J connectivity index is 1.65. The highest BCUT2D eigenvalue weighted by Gasteiger charge is 2.14. The summed E-state index contributed by atoms with van der Waals surface area (Å²) in [5.41, 5.74) is 1.08. The van der Waals surface area contributed by atoms with E-state index in [9.17, 15) is 18.0 Å². The number of hydrogen-bond acceptors (Lipinski definition) is 4. The molecule has 0 saturated carbocycles. The molecule has 0 aliphatic carbocycles. The van der Waals surface area contributed by atoms with E-state index in [2.05, 4.69) is 20.6 Å². The van der Waals surface area contributed by atoms with Crippen molar-refractivity contribution in [1.82, 2.24) is 15.3 Å². The number of carbonyl (C=O) groups excluding carboxylic acids is 1. The van der Waals surface area contributed by atoms with Crippen LogP contribution in [0.5, 0.6) is 0 Å². The van der Waals surface area contributed by atoms with Crippen molar-refractivity contribution in [3.8, 4) is 0 Å². The lowest BCUT2D eigenvalue weighted by Crippen LogP contribution is -2.23. The fourth-order valence-electron chi connectivity index (χ4n) is 2.16. The van der Waals surface area contributed by atoms with E-state index in [4.69, 9.17) is 0 Å². The van der Waals surface area contributed by atoms with E-state index >= 15 is 0 Å². The zero-order valence-electron chi connectivity index (χ0n) is 13.3. The van der Waals surface area contributed by atoms with Crippen molar-refractivity contribution in [2.45, 2.75) is 6.54 Å². The average molecular weight is 358 g/mol. The van der Waals surface area contributed by atoms with Gasteiger partial charge in [0.15, 0.2) is 17.5 Å². The number of aromatic nitrogens is 2. The van der Waals surface area contributed by atoms with Crippen LogP contribution in [0.3, 0.4) is 0 Å². The SMILES string of the molecule is O=C(NCc1cccnc1)c1ccc(Nc2ccc(F)c(F)c2F)cn1. The van der Waals surface area contributed by atoms with Crippen molar-refractivity contribution >= 4 is 17.3 Å². The number of anilines is 2. The summed E-state index contributed by atoms with van der Waals surface area (Å²) in [7, 11) is 0. The Hall–Kier alpha value is -3.42. The summed E-state index contributed by atoms with van der Waals surface area (Å²) >= 11 is 0. The van der Waals surface area contributed by atoms with E-state index in [1.165, 1.54) is 18.3 Å². The molecule has 1 amide bonds. The summed E-state index contributed by atoms with van der Waals surface area (Å²) in [4.78, 5) is 20.0. The third kappa shape index (κ3) is 3.97. The maximum absolute atomic E-state index is 13.7. The highest BCUT2D eigenvalue weighted by molar-refractivity contribution is 5.92. The minimum atomic E-state index is -1.56. The molecule has 0 fully saturated rings. The van der Waals surface area contributed by atoms with E-state index < -0.39 is 17.5 Å². The predicted molar refractivity (Wildman–Crippen MR) is 89.2 cm³/mol. The molecule has 0 atom stereocenters. The third-order valence-corrected chi connectivity index (χ3v) is 3.49. The molecule has 2 N–H and O–H groups in total. The monoisotopic (exact) mass is 358 g/mol. The van der Waals surface area contributed by atoms with Gasteiger partial charge in [0.05, 0.1) is 17.6 Å².